The first kappa shape index (κ1) is 16.4. The van der Waals surface area contributed by atoms with Crippen LogP contribution in [0.15, 0.2) is 24.3 Å². The van der Waals surface area contributed by atoms with E-state index < -0.39 is 0 Å². The van der Waals surface area contributed by atoms with Crippen molar-refractivity contribution < 1.29 is 9.18 Å². The summed E-state index contributed by atoms with van der Waals surface area (Å²) < 4.78 is 13.9. The zero-order chi connectivity index (χ0) is 16.6. The van der Waals surface area contributed by atoms with Gasteiger partial charge in [0.15, 0.2) is 0 Å². The molecule has 23 heavy (non-hydrogen) atoms. The molecule has 2 atom stereocenters. The highest BCUT2D eigenvalue weighted by atomic mass is 19.1. The van der Waals surface area contributed by atoms with Crippen LogP contribution in [0.1, 0.15) is 44.6 Å². The van der Waals surface area contributed by atoms with Crippen LogP contribution in [0.2, 0.25) is 0 Å². The Morgan fingerprint density at radius 2 is 1.91 bits per heavy atom. The van der Waals surface area contributed by atoms with E-state index in [0.717, 1.165) is 32.4 Å². The van der Waals surface area contributed by atoms with Gasteiger partial charge < -0.3 is 9.80 Å². The minimum Gasteiger partial charge on any atom is -0.342 e. The topological polar surface area (TPSA) is 23.6 Å². The zero-order valence-corrected chi connectivity index (χ0v) is 14.3. The van der Waals surface area contributed by atoms with Gasteiger partial charge in [0.25, 0.3) is 0 Å². The third-order valence-corrected chi connectivity index (χ3v) is 5.54. The third-order valence-electron chi connectivity index (χ3n) is 5.54. The molecule has 0 aromatic heterocycles. The molecule has 0 N–H and O–H groups in total. The van der Waals surface area contributed by atoms with Crippen molar-refractivity contribution in [2.45, 2.75) is 51.1 Å². The fourth-order valence-corrected chi connectivity index (χ4v) is 3.82. The Morgan fingerprint density at radius 3 is 2.52 bits per heavy atom. The number of hydrogen-bond acceptors (Lipinski definition) is 2. The number of likely N-dealkylation sites (tertiary alicyclic amines) is 1. The van der Waals surface area contributed by atoms with Crippen molar-refractivity contribution in [1.29, 1.82) is 0 Å². The van der Waals surface area contributed by atoms with Gasteiger partial charge in [-0.3, -0.25) is 4.79 Å². The average molecular weight is 318 g/mol. The van der Waals surface area contributed by atoms with Gasteiger partial charge >= 0.3 is 0 Å². The van der Waals surface area contributed by atoms with Crippen LogP contribution >= 0.6 is 0 Å². The maximum Gasteiger partial charge on any atom is 0.226 e. The maximum absolute atomic E-state index is 13.9. The van der Waals surface area contributed by atoms with Crippen LogP contribution in [-0.2, 0) is 4.79 Å². The van der Waals surface area contributed by atoms with Gasteiger partial charge in [-0.1, -0.05) is 18.2 Å². The van der Waals surface area contributed by atoms with Gasteiger partial charge in [-0.15, -0.1) is 0 Å². The molecule has 0 radical (unpaired) electrons. The Labute approximate surface area is 138 Å². The predicted octanol–water partition coefficient (Wildman–Crippen LogP) is 3.26. The zero-order valence-electron chi connectivity index (χ0n) is 14.3. The number of piperidine rings is 1. The number of nitrogens with zero attached hydrogens (tertiary/aromatic N) is 2. The third kappa shape index (κ3) is 3.42. The molecule has 2 fully saturated rings. The summed E-state index contributed by atoms with van der Waals surface area (Å²) in [5, 5.41) is 0. The molecule has 1 aliphatic heterocycles. The summed E-state index contributed by atoms with van der Waals surface area (Å²) in [5.74, 6) is 0.0591. The number of hydrogen-bond donors (Lipinski definition) is 0. The fraction of sp³-hybridized carbons (Fsp3) is 0.632. The molecule has 1 saturated heterocycles. The highest BCUT2D eigenvalue weighted by Gasteiger charge is 2.47. The molecular weight excluding hydrogens is 291 g/mol. The molecule has 1 saturated carbocycles. The highest BCUT2D eigenvalue weighted by molar-refractivity contribution is 5.83. The smallest absolute Gasteiger partial charge is 0.226 e. The number of halogens is 1. The second-order valence-corrected chi connectivity index (χ2v) is 7.28. The van der Waals surface area contributed by atoms with E-state index in [1.54, 1.807) is 6.07 Å². The van der Waals surface area contributed by atoms with Gasteiger partial charge in [0.05, 0.1) is 0 Å². The van der Waals surface area contributed by atoms with Crippen molar-refractivity contribution in [2.24, 2.45) is 5.92 Å². The van der Waals surface area contributed by atoms with E-state index in [1.165, 1.54) is 6.07 Å². The largest absolute Gasteiger partial charge is 0.342 e. The van der Waals surface area contributed by atoms with Gasteiger partial charge in [0, 0.05) is 38.1 Å². The lowest BCUT2D eigenvalue weighted by Gasteiger charge is -2.38. The Bertz CT molecular complexity index is 566. The molecule has 4 heteroatoms. The van der Waals surface area contributed by atoms with Crippen molar-refractivity contribution in [3.8, 4) is 0 Å². The van der Waals surface area contributed by atoms with Crippen LogP contribution in [0.3, 0.4) is 0 Å². The number of amides is 1. The summed E-state index contributed by atoms with van der Waals surface area (Å²) in [7, 11) is 1.93. The summed E-state index contributed by atoms with van der Waals surface area (Å²) >= 11 is 0. The maximum atomic E-state index is 13.9. The van der Waals surface area contributed by atoms with Gasteiger partial charge in [-0.05, 0) is 50.7 Å². The van der Waals surface area contributed by atoms with E-state index in [1.807, 2.05) is 24.1 Å². The second kappa shape index (κ2) is 6.60. The van der Waals surface area contributed by atoms with Crippen LogP contribution < -0.4 is 0 Å². The average Bonchev–Trinajstić information content (AvgIpc) is 3.34. The molecule has 1 aromatic carbocycles. The monoisotopic (exact) mass is 318 g/mol. The summed E-state index contributed by atoms with van der Waals surface area (Å²) in [6, 6.07) is 7.76. The fourth-order valence-electron chi connectivity index (χ4n) is 3.82. The molecule has 1 aromatic rings. The normalized spacial score (nSPS) is 25.6. The highest BCUT2D eigenvalue weighted by Crippen LogP contribution is 2.49. The summed E-state index contributed by atoms with van der Waals surface area (Å²) in [5.41, 5.74) is 0.703. The molecular formula is C19H27FN2O. The summed E-state index contributed by atoms with van der Waals surface area (Å²) in [4.78, 5) is 17.1. The number of carbonyl (C=O) groups is 1. The lowest BCUT2D eigenvalue weighted by Crippen LogP contribution is -2.47. The van der Waals surface area contributed by atoms with Gasteiger partial charge in [0.1, 0.15) is 5.82 Å². The van der Waals surface area contributed by atoms with Crippen LogP contribution in [-0.4, -0.2) is 47.9 Å². The second-order valence-electron chi connectivity index (χ2n) is 7.28. The first-order chi connectivity index (χ1) is 11.0. The summed E-state index contributed by atoms with van der Waals surface area (Å²) in [6.45, 7) is 6.56. The van der Waals surface area contributed by atoms with Gasteiger partial charge in [-0.2, -0.15) is 0 Å². The van der Waals surface area contributed by atoms with Crippen LogP contribution in [0.5, 0.6) is 0 Å². The minimum absolute atomic E-state index is 0.0278. The van der Waals surface area contributed by atoms with E-state index >= 15 is 0 Å². The molecule has 2 unspecified atom stereocenters. The Hall–Kier alpha value is -1.42. The quantitative estimate of drug-likeness (QED) is 0.851. The number of rotatable bonds is 4. The van der Waals surface area contributed by atoms with Gasteiger partial charge in [-0.25, -0.2) is 4.39 Å². The lowest BCUT2D eigenvalue weighted by molar-refractivity contribution is -0.134. The summed E-state index contributed by atoms with van der Waals surface area (Å²) in [6.07, 6.45) is 2.87. The first-order valence-corrected chi connectivity index (χ1v) is 8.74. The molecule has 1 amide bonds. The van der Waals surface area contributed by atoms with Gasteiger partial charge in [0.2, 0.25) is 5.91 Å². The van der Waals surface area contributed by atoms with E-state index in [2.05, 4.69) is 18.7 Å². The van der Waals surface area contributed by atoms with Crippen LogP contribution in [0, 0.1) is 11.7 Å². The van der Waals surface area contributed by atoms with E-state index in [0.29, 0.717) is 17.6 Å². The van der Waals surface area contributed by atoms with Crippen molar-refractivity contribution in [3.63, 3.8) is 0 Å². The molecule has 1 aliphatic carbocycles. The number of benzene rings is 1. The van der Waals surface area contributed by atoms with Crippen LogP contribution in [0.4, 0.5) is 4.39 Å². The first-order valence-electron chi connectivity index (χ1n) is 8.74. The van der Waals surface area contributed by atoms with Crippen molar-refractivity contribution >= 4 is 5.91 Å². The predicted molar refractivity (Wildman–Crippen MR) is 89.7 cm³/mol. The molecule has 2 aliphatic rings. The molecule has 0 spiro atoms. The van der Waals surface area contributed by atoms with E-state index in [4.69, 9.17) is 0 Å². The Kier molecular flexibility index (Phi) is 4.72. The standard InChI is InChI=1S/C19H27FN2O/c1-13(2)22-10-8-14(9-11-22)21(3)19(23)17-12-16(17)15-6-4-5-7-18(15)20/h4-7,13-14,16-17H,8-12H2,1-3H3. The Morgan fingerprint density at radius 1 is 1.26 bits per heavy atom. The minimum atomic E-state index is -0.180. The van der Waals surface area contributed by atoms with Crippen molar-refractivity contribution in [3.05, 3.63) is 35.6 Å². The number of carbonyl (C=O) groups excluding carboxylic acids is 1. The van der Waals surface area contributed by atoms with Crippen molar-refractivity contribution in [2.75, 3.05) is 20.1 Å². The van der Waals surface area contributed by atoms with E-state index in [9.17, 15) is 9.18 Å². The molecule has 0 bridgehead atoms. The SMILES string of the molecule is CC(C)N1CCC(N(C)C(=O)C2CC2c2ccccc2F)CC1. The molecule has 126 valence electrons. The molecule has 3 nitrogen and oxygen atoms in total. The molecule has 1 heterocycles. The molecule has 3 rings (SSSR count). The Balaban J connectivity index is 1.57. The van der Waals surface area contributed by atoms with E-state index in [-0.39, 0.29) is 23.6 Å². The van der Waals surface area contributed by atoms with Crippen molar-refractivity contribution in [1.82, 2.24) is 9.80 Å². The lowest BCUT2D eigenvalue weighted by atomic mass is 10.0. The van der Waals surface area contributed by atoms with Crippen LogP contribution in [0.25, 0.3) is 0 Å².